The van der Waals surface area contributed by atoms with Gasteiger partial charge in [0.1, 0.15) is 11.9 Å². The first kappa shape index (κ1) is 20.0. The summed E-state index contributed by atoms with van der Waals surface area (Å²) in [5, 5.41) is 16.0. The van der Waals surface area contributed by atoms with Gasteiger partial charge in [0.15, 0.2) is 0 Å². The number of H-pyrrole nitrogens is 1. The number of benzene rings is 2. The number of nitrogens with one attached hydrogen (secondary N) is 1. The van der Waals surface area contributed by atoms with Crippen molar-refractivity contribution in [1.82, 2.24) is 10.2 Å². The van der Waals surface area contributed by atoms with Crippen molar-refractivity contribution in [3.8, 4) is 17.6 Å². The van der Waals surface area contributed by atoms with E-state index in [9.17, 15) is 9.18 Å². The molecule has 0 amide bonds. The van der Waals surface area contributed by atoms with E-state index in [0.29, 0.717) is 22.6 Å². The highest BCUT2D eigenvalue weighted by Crippen LogP contribution is 2.41. The van der Waals surface area contributed by atoms with Gasteiger partial charge in [-0.3, -0.25) is 9.89 Å². The van der Waals surface area contributed by atoms with Gasteiger partial charge in [-0.1, -0.05) is 43.0 Å². The van der Waals surface area contributed by atoms with E-state index in [1.165, 1.54) is 0 Å². The van der Waals surface area contributed by atoms with Crippen molar-refractivity contribution in [2.24, 2.45) is 5.92 Å². The fraction of sp³-hybridized carbons (Fsp3) is 0.333. The fourth-order valence-corrected chi connectivity index (χ4v) is 3.77. The molecule has 3 aromatic rings. The third-order valence-corrected chi connectivity index (χ3v) is 5.43. The van der Waals surface area contributed by atoms with Crippen LogP contribution in [0.25, 0.3) is 10.9 Å². The van der Waals surface area contributed by atoms with Crippen molar-refractivity contribution < 1.29 is 19.0 Å². The number of carboxylic acid groups (broad SMARTS) is 1. The van der Waals surface area contributed by atoms with Crippen LogP contribution in [0.5, 0.6) is 5.75 Å². The number of hydrogen-bond donors (Lipinski definition) is 2. The SMILES string of the molecule is CC#CC(CC(=O)O)c1ccc(OC(CC2CC2)c2cccc3[nH]nc(F)c23)cc1. The Kier molecular flexibility index (Phi) is 5.71. The van der Waals surface area contributed by atoms with Crippen molar-refractivity contribution in [3.05, 3.63) is 59.5 Å². The fourth-order valence-electron chi connectivity index (χ4n) is 3.77. The van der Waals surface area contributed by atoms with Crippen LogP contribution in [0.3, 0.4) is 0 Å². The Hall–Kier alpha value is -3.33. The molecule has 0 aliphatic heterocycles. The first-order valence-corrected chi connectivity index (χ1v) is 10.1. The van der Waals surface area contributed by atoms with Crippen LogP contribution in [-0.4, -0.2) is 21.3 Å². The molecule has 4 rings (SSSR count). The molecule has 1 fully saturated rings. The van der Waals surface area contributed by atoms with Crippen LogP contribution in [0.15, 0.2) is 42.5 Å². The minimum Gasteiger partial charge on any atom is -0.486 e. The predicted octanol–water partition coefficient (Wildman–Crippen LogP) is 5.20. The van der Waals surface area contributed by atoms with Gasteiger partial charge in [0.05, 0.1) is 23.2 Å². The molecule has 2 N–H and O–H groups in total. The monoisotopic (exact) mass is 406 g/mol. The van der Waals surface area contributed by atoms with Crippen LogP contribution in [0.1, 0.15) is 55.8 Å². The van der Waals surface area contributed by atoms with Gasteiger partial charge in [-0.25, -0.2) is 0 Å². The highest BCUT2D eigenvalue weighted by molar-refractivity contribution is 5.82. The summed E-state index contributed by atoms with van der Waals surface area (Å²) < 4.78 is 20.6. The van der Waals surface area contributed by atoms with E-state index in [0.717, 1.165) is 30.4 Å². The molecule has 2 aromatic carbocycles. The Labute approximate surface area is 174 Å². The average Bonchev–Trinajstić information content (AvgIpc) is 3.47. The quantitative estimate of drug-likeness (QED) is 0.504. The second-order valence-corrected chi connectivity index (χ2v) is 7.68. The van der Waals surface area contributed by atoms with Gasteiger partial charge in [0, 0.05) is 5.56 Å². The maximum Gasteiger partial charge on any atom is 0.304 e. The van der Waals surface area contributed by atoms with Crippen LogP contribution >= 0.6 is 0 Å². The Balaban J connectivity index is 1.60. The standard InChI is InChI=1S/C24H23FN2O3/c1-2-4-17(14-22(28)29)16-9-11-18(12-10-16)30-21(13-15-7-8-15)19-5-3-6-20-23(19)24(25)27-26-20/h3,5-6,9-12,15,17,21H,7-8,13-14H2,1H3,(H,26,27)(H,28,29). The van der Waals surface area contributed by atoms with E-state index >= 15 is 0 Å². The molecule has 1 aromatic heterocycles. The maximum absolute atomic E-state index is 14.3. The van der Waals surface area contributed by atoms with E-state index in [1.54, 1.807) is 13.0 Å². The van der Waals surface area contributed by atoms with E-state index in [1.807, 2.05) is 36.4 Å². The molecule has 1 aliphatic rings. The van der Waals surface area contributed by atoms with Gasteiger partial charge in [-0.15, -0.1) is 11.0 Å². The van der Waals surface area contributed by atoms with Crippen LogP contribution in [0.2, 0.25) is 0 Å². The molecule has 1 heterocycles. The number of aromatic nitrogens is 2. The molecular weight excluding hydrogens is 383 g/mol. The smallest absolute Gasteiger partial charge is 0.304 e. The van der Waals surface area contributed by atoms with Gasteiger partial charge in [-0.2, -0.15) is 4.39 Å². The summed E-state index contributed by atoms with van der Waals surface area (Å²) in [6.07, 6.45) is 2.80. The Morgan fingerprint density at radius 1 is 1.30 bits per heavy atom. The summed E-state index contributed by atoms with van der Waals surface area (Å²) in [6, 6.07) is 12.9. The van der Waals surface area contributed by atoms with Gasteiger partial charge in [0.2, 0.25) is 5.95 Å². The average molecular weight is 406 g/mol. The molecule has 6 heteroatoms. The molecule has 1 aliphatic carbocycles. The molecule has 0 bridgehead atoms. The number of aromatic amines is 1. The Bertz CT molecular complexity index is 1110. The number of carboxylic acids is 1. The van der Waals surface area contributed by atoms with E-state index in [4.69, 9.17) is 9.84 Å². The van der Waals surface area contributed by atoms with Crippen molar-refractivity contribution in [2.45, 2.75) is 44.6 Å². The zero-order chi connectivity index (χ0) is 21.1. The molecule has 2 atom stereocenters. The number of ether oxygens (including phenoxy) is 1. The predicted molar refractivity (Wildman–Crippen MR) is 112 cm³/mol. The van der Waals surface area contributed by atoms with E-state index < -0.39 is 11.9 Å². The molecule has 154 valence electrons. The highest BCUT2D eigenvalue weighted by atomic mass is 19.1. The van der Waals surface area contributed by atoms with E-state index in [-0.39, 0.29) is 18.4 Å². The number of hydrogen-bond acceptors (Lipinski definition) is 3. The van der Waals surface area contributed by atoms with Crippen LogP contribution in [0.4, 0.5) is 4.39 Å². The lowest BCUT2D eigenvalue weighted by Crippen LogP contribution is -2.10. The van der Waals surface area contributed by atoms with Gasteiger partial charge in [0.25, 0.3) is 0 Å². The number of carbonyl (C=O) groups is 1. The van der Waals surface area contributed by atoms with Crippen molar-refractivity contribution in [2.75, 3.05) is 0 Å². The first-order valence-electron chi connectivity index (χ1n) is 10.1. The molecule has 0 radical (unpaired) electrons. The normalized spacial score (nSPS) is 15.3. The number of nitrogens with zero attached hydrogens (tertiary/aromatic N) is 1. The van der Waals surface area contributed by atoms with E-state index in [2.05, 4.69) is 22.0 Å². The zero-order valence-electron chi connectivity index (χ0n) is 16.7. The lowest BCUT2D eigenvalue weighted by atomic mass is 9.96. The summed E-state index contributed by atoms with van der Waals surface area (Å²) in [4.78, 5) is 11.1. The van der Waals surface area contributed by atoms with Gasteiger partial charge in [-0.05, 0) is 43.0 Å². The second-order valence-electron chi connectivity index (χ2n) is 7.68. The molecule has 0 saturated heterocycles. The third kappa shape index (κ3) is 4.46. The third-order valence-electron chi connectivity index (χ3n) is 5.43. The summed E-state index contributed by atoms with van der Waals surface area (Å²) >= 11 is 0. The summed E-state index contributed by atoms with van der Waals surface area (Å²) in [5.41, 5.74) is 2.27. The maximum atomic E-state index is 14.3. The molecule has 30 heavy (non-hydrogen) atoms. The molecular formula is C24H23FN2O3. The van der Waals surface area contributed by atoms with Gasteiger partial charge < -0.3 is 9.84 Å². The van der Waals surface area contributed by atoms with Gasteiger partial charge >= 0.3 is 5.97 Å². The second kappa shape index (κ2) is 8.58. The molecule has 5 nitrogen and oxygen atoms in total. The minimum atomic E-state index is -0.886. The van der Waals surface area contributed by atoms with Crippen molar-refractivity contribution >= 4 is 16.9 Å². The molecule has 1 saturated carbocycles. The zero-order valence-corrected chi connectivity index (χ0v) is 16.7. The first-order chi connectivity index (χ1) is 14.5. The number of halogens is 1. The number of aliphatic carboxylic acids is 1. The number of fused-ring (bicyclic) bond motifs is 1. The molecule has 2 unspecified atom stereocenters. The lowest BCUT2D eigenvalue weighted by Gasteiger charge is -2.21. The largest absolute Gasteiger partial charge is 0.486 e. The lowest BCUT2D eigenvalue weighted by molar-refractivity contribution is -0.137. The Morgan fingerprint density at radius 3 is 2.73 bits per heavy atom. The summed E-state index contributed by atoms with van der Waals surface area (Å²) in [6.45, 7) is 1.70. The topological polar surface area (TPSA) is 75.2 Å². The van der Waals surface area contributed by atoms with Crippen molar-refractivity contribution in [3.63, 3.8) is 0 Å². The van der Waals surface area contributed by atoms with Crippen LogP contribution in [0, 0.1) is 23.7 Å². The summed E-state index contributed by atoms with van der Waals surface area (Å²) in [5.74, 6) is 5.22. The molecule has 0 spiro atoms. The summed E-state index contributed by atoms with van der Waals surface area (Å²) in [7, 11) is 0. The minimum absolute atomic E-state index is 0.0485. The highest BCUT2D eigenvalue weighted by Gasteiger charge is 2.29. The van der Waals surface area contributed by atoms with Crippen LogP contribution in [-0.2, 0) is 4.79 Å². The van der Waals surface area contributed by atoms with Crippen LogP contribution < -0.4 is 4.74 Å². The Morgan fingerprint density at radius 2 is 2.07 bits per heavy atom. The number of rotatable bonds is 8. The van der Waals surface area contributed by atoms with Crippen molar-refractivity contribution in [1.29, 1.82) is 0 Å².